The van der Waals surface area contributed by atoms with Gasteiger partial charge in [0.05, 0.1) is 17.9 Å². The van der Waals surface area contributed by atoms with E-state index in [1.54, 1.807) is 11.8 Å². The molecular weight excluding hydrogens is 268 g/mol. The molecule has 2 atom stereocenters. The van der Waals surface area contributed by atoms with Crippen molar-refractivity contribution in [2.24, 2.45) is 11.7 Å². The van der Waals surface area contributed by atoms with Gasteiger partial charge in [-0.15, -0.1) is 0 Å². The van der Waals surface area contributed by atoms with E-state index in [1.165, 1.54) is 0 Å². The minimum absolute atomic E-state index is 0.0654. The summed E-state index contributed by atoms with van der Waals surface area (Å²) in [6.45, 7) is 2.93. The maximum atomic E-state index is 12.0. The highest BCUT2D eigenvalue weighted by molar-refractivity contribution is 7.90. The normalized spacial score (nSPS) is 21.2. The molecule has 1 rings (SSSR count). The highest BCUT2D eigenvalue weighted by atomic mass is 32.2. The number of rotatable bonds is 5. The average molecular weight is 292 g/mol. The molecule has 0 saturated carbocycles. The average Bonchev–Trinajstić information content (AvgIpc) is 2.34. The van der Waals surface area contributed by atoms with E-state index in [9.17, 15) is 18.3 Å². The lowest BCUT2D eigenvalue weighted by molar-refractivity contribution is -0.134. The molecule has 6 nitrogen and oxygen atoms in total. The predicted molar refractivity (Wildman–Crippen MR) is 73.3 cm³/mol. The largest absolute Gasteiger partial charge is 0.393 e. The summed E-state index contributed by atoms with van der Waals surface area (Å²) in [6.07, 6.45) is 2.48. The molecule has 0 aromatic carbocycles. The van der Waals surface area contributed by atoms with Gasteiger partial charge in [0.15, 0.2) is 0 Å². The monoisotopic (exact) mass is 292 g/mol. The third-order valence-electron chi connectivity index (χ3n) is 3.65. The summed E-state index contributed by atoms with van der Waals surface area (Å²) in [5, 5.41) is 9.49. The van der Waals surface area contributed by atoms with Crippen molar-refractivity contribution in [3.63, 3.8) is 0 Å². The molecule has 0 spiro atoms. The van der Waals surface area contributed by atoms with E-state index in [4.69, 9.17) is 5.73 Å². The lowest BCUT2D eigenvalue weighted by Gasteiger charge is -2.34. The zero-order valence-corrected chi connectivity index (χ0v) is 12.4. The number of likely N-dealkylation sites (tertiary alicyclic amines) is 1. The lowest BCUT2D eigenvalue weighted by Crippen LogP contribution is -2.48. The number of aliphatic hydroxyl groups excluding tert-OH is 1. The first-order valence-electron chi connectivity index (χ1n) is 6.61. The predicted octanol–water partition coefficient (Wildman–Crippen LogP) is -0.632. The summed E-state index contributed by atoms with van der Waals surface area (Å²) < 4.78 is 22.1. The second-order valence-electron chi connectivity index (χ2n) is 5.43. The first kappa shape index (κ1) is 16.4. The highest BCUT2D eigenvalue weighted by Gasteiger charge is 2.28. The molecule has 0 radical (unpaired) electrons. The van der Waals surface area contributed by atoms with Crippen molar-refractivity contribution < 1.29 is 18.3 Å². The van der Waals surface area contributed by atoms with Crippen LogP contribution in [0.2, 0.25) is 0 Å². The molecule has 0 bridgehead atoms. The van der Waals surface area contributed by atoms with Crippen LogP contribution in [0.5, 0.6) is 0 Å². The van der Waals surface area contributed by atoms with Crippen LogP contribution in [0.4, 0.5) is 0 Å². The third kappa shape index (κ3) is 5.46. The molecule has 1 saturated heterocycles. The van der Waals surface area contributed by atoms with Crippen LogP contribution >= 0.6 is 0 Å². The molecule has 1 fully saturated rings. The van der Waals surface area contributed by atoms with Crippen molar-refractivity contribution in [2.45, 2.75) is 38.3 Å². The van der Waals surface area contributed by atoms with Gasteiger partial charge in [-0.1, -0.05) is 0 Å². The third-order valence-corrected chi connectivity index (χ3v) is 4.63. The summed E-state index contributed by atoms with van der Waals surface area (Å²) in [6, 6.07) is -0.752. The fourth-order valence-electron chi connectivity index (χ4n) is 2.30. The lowest BCUT2D eigenvalue weighted by atomic mass is 9.92. The van der Waals surface area contributed by atoms with Crippen LogP contribution in [0, 0.1) is 5.92 Å². The summed E-state index contributed by atoms with van der Waals surface area (Å²) in [4.78, 5) is 13.7. The quantitative estimate of drug-likeness (QED) is 0.702. The van der Waals surface area contributed by atoms with E-state index in [-0.39, 0.29) is 30.1 Å². The van der Waals surface area contributed by atoms with E-state index in [1.807, 2.05) is 0 Å². The molecule has 112 valence electrons. The second-order valence-corrected chi connectivity index (χ2v) is 7.69. The summed E-state index contributed by atoms with van der Waals surface area (Å²) in [5.74, 6) is -0.0201. The number of sulfone groups is 1. The fraction of sp³-hybridized carbons (Fsp3) is 0.917. The Morgan fingerprint density at radius 2 is 1.95 bits per heavy atom. The minimum Gasteiger partial charge on any atom is -0.393 e. The maximum Gasteiger partial charge on any atom is 0.239 e. The number of amides is 1. The van der Waals surface area contributed by atoms with Crippen LogP contribution < -0.4 is 5.73 Å². The molecule has 1 aliphatic rings. The van der Waals surface area contributed by atoms with Crippen LogP contribution in [0.3, 0.4) is 0 Å². The molecule has 0 aromatic rings. The van der Waals surface area contributed by atoms with Gasteiger partial charge in [-0.05, 0) is 32.1 Å². The van der Waals surface area contributed by atoms with Crippen LogP contribution in [0.15, 0.2) is 0 Å². The van der Waals surface area contributed by atoms with Crippen molar-refractivity contribution in [3.8, 4) is 0 Å². The van der Waals surface area contributed by atoms with E-state index in [0.29, 0.717) is 13.1 Å². The molecular formula is C12H24N2O4S. The van der Waals surface area contributed by atoms with Gasteiger partial charge in [-0.2, -0.15) is 0 Å². The minimum atomic E-state index is -3.09. The number of nitrogens with zero attached hydrogens (tertiary/aromatic N) is 1. The first-order chi connectivity index (χ1) is 8.70. The number of nitrogens with two attached hydrogens (primary N) is 1. The molecule has 0 aliphatic carbocycles. The Morgan fingerprint density at radius 1 is 1.42 bits per heavy atom. The molecule has 0 aromatic heterocycles. The van der Waals surface area contributed by atoms with Gasteiger partial charge in [0.25, 0.3) is 0 Å². The van der Waals surface area contributed by atoms with E-state index >= 15 is 0 Å². The molecule has 1 heterocycles. The molecule has 19 heavy (non-hydrogen) atoms. The van der Waals surface area contributed by atoms with Crippen molar-refractivity contribution in [3.05, 3.63) is 0 Å². The van der Waals surface area contributed by atoms with Gasteiger partial charge in [-0.3, -0.25) is 4.79 Å². The molecule has 1 amide bonds. The Labute approximate surface area is 114 Å². The van der Waals surface area contributed by atoms with Crippen molar-refractivity contribution in [1.29, 1.82) is 0 Å². The fourth-order valence-corrected chi connectivity index (χ4v) is 2.98. The number of piperidine rings is 1. The van der Waals surface area contributed by atoms with Gasteiger partial charge in [-0.25, -0.2) is 8.42 Å². The van der Waals surface area contributed by atoms with Crippen LogP contribution in [0.25, 0.3) is 0 Å². The smallest absolute Gasteiger partial charge is 0.239 e. The zero-order chi connectivity index (χ0) is 14.6. The Hall–Kier alpha value is -0.660. The van der Waals surface area contributed by atoms with E-state index in [2.05, 4.69) is 0 Å². The van der Waals surface area contributed by atoms with Crippen molar-refractivity contribution in [2.75, 3.05) is 25.1 Å². The topological polar surface area (TPSA) is 101 Å². The van der Waals surface area contributed by atoms with Gasteiger partial charge in [0.1, 0.15) is 9.84 Å². The number of carbonyl (C=O) groups excluding carboxylic acids is 1. The number of aliphatic hydroxyl groups is 1. The molecule has 3 N–H and O–H groups in total. The SMILES string of the molecule is CC(O)C1CCN(C(=O)C(N)CCS(C)(=O)=O)CC1. The van der Waals surface area contributed by atoms with Gasteiger partial charge in [0.2, 0.25) is 5.91 Å². The Bertz CT molecular complexity index is 400. The van der Waals surface area contributed by atoms with Gasteiger partial charge in [0, 0.05) is 19.3 Å². The summed E-state index contributed by atoms with van der Waals surface area (Å²) in [5.41, 5.74) is 5.74. The second kappa shape index (κ2) is 6.67. The Kier molecular flexibility index (Phi) is 5.76. The maximum absolute atomic E-state index is 12.0. The Balaban J connectivity index is 2.42. The number of carbonyl (C=O) groups is 1. The number of hydrogen-bond donors (Lipinski definition) is 2. The molecule has 2 unspecified atom stereocenters. The van der Waals surface area contributed by atoms with Gasteiger partial charge >= 0.3 is 0 Å². The molecule has 1 aliphatic heterocycles. The first-order valence-corrected chi connectivity index (χ1v) is 8.67. The van der Waals surface area contributed by atoms with E-state index < -0.39 is 15.9 Å². The van der Waals surface area contributed by atoms with Crippen LogP contribution in [0.1, 0.15) is 26.2 Å². The van der Waals surface area contributed by atoms with E-state index in [0.717, 1.165) is 19.1 Å². The van der Waals surface area contributed by atoms with Crippen molar-refractivity contribution in [1.82, 2.24) is 4.90 Å². The standard InChI is InChI=1S/C12H24N2O4S/c1-9(15)10-3-6-14(7-4-10)12(16)11(13)5-8-19(2,17)18/h9-11,15H,3-8,13H2,1-2H3. The van der Waals surface area contributed by atoms with Gasteiger partial charge < -0.3 is 15.7 Å². The highest BCUT2D eigenvalue weighted by Crippen LogP contribution is 2.21. The van der Waals surface area contributed by atoms with Crippen LogP contribution in [-0.4, -0.2) is 61.6 Å². The summed E-state index contributed by atoms with van der Waals surface area (Å²) >= 11 is 0. The van der Waals surface area contributed by atoms with Crippen LogP contribution in [-0.2, 0) is 14.6 Å². The number of hydrogen-bond acceptors (Lipinski definition) is 5. The Morgan fingerprint density at radius 3 is 2.37 bits per heavy atom. The zero-order valence-electron chi connectivity index (χ0n) is 11.6. The van der Waals surface area contributed by atoms with Crippen molar-refractivity contribution >= 4 is 15.7 Å². The molecule has 7 heteroatoms. The summed E-state index contributed by atoms with van der Waals surface area (Å²) in [7, 11) is -3.09.